The summed E-state index contributed by atoms with van der Waals surface area (Å²) < 4.78 is 5.63. The molecule has 0 N–H and O–H groups in total. The van der Waals surface area contributed by atoms with Crippen molar-refractivity contribution in [3.05, 3.63) is 64.7 Å². The van der Waals surface area contributed by atoms with Gasteiger partial charge in [0.1, 0.15) is 5.75 Å². The average molecular weight is 289 g/mol. The van der Waals surface area contributed by atoms with Crippen LogP contribution in [0.15, 0.2) is 48.5 Å². The third kappa shape index (κ3) is 3.61. The van der Waals surface area contributed by atoms with Gasteiger partial charge in [0, 0.05) is 10.6 Å². The van der Waals surface area contributed by atoms with Gasteiger partial charge in [-0.05, 0) is 37.1 Å². The summed E-state index contributed by atoms with van der Waals surface area (Å²) in [7, 11) is 0. The highest BCUT2D eigenvalue weighted by molar-refractivity contribution is 6.30. The Morgan fingerprint density at radius 3 is 2.50 bits per heavy atom. The second kappa shape index (κ2) is 6.58. The van der Waals surface area contributed by atoms with Gasteiger partial charge in [0.05, 0.1) is 0 Å². The monoisotopic (exact) mass is 288 g/mol. The molecule has 104 valence electrons. The van der Waals surface area contributed by atoms with E-state index in [0.717, 1.165) is 6.42 Å². The van der Waals surface area contributed by atoms with E-state index in [-0.39, 0.29) is 5.78 Å². The van der Waals surface area contributed by atoms with Crippen LogP contribution in [-0.2, 0) is 6.42 Å². The number of ether oxygens (including phenoxy) is 1. The number of hydrogen-bond acceptors (Lipinski definition) is 2. The number of benzene rings is 2. The minimum Gasteiger partial charge on any atom is -0.483 e. The van der Waals surface area contributed by atoms with Gasteiger partial charge in [0.15, 0.2) is 6.10 Å². The van der Waals surface area contributed by atoms with Crippen LogP contribution in [0, 0.1) is 0 Å². The SMILES string of the molecule is CCc1ccc(C(=O)C(C)Oc2cccc(Cl)c2)cc1. The van der Waals surface area contributed by atoms with Gasteiger partial charge in [-0.25, -0.2) is 0 Å². The van der Waals surface area contributed by atoms with Crippen molar-refractivity contribution in [1.29, 1.82) is 0 Å². The number of halogens is 1. The molecule has 0 aromatic heterocycles. The van der Waals surface area contributed by atoms with Crippen molar-refractivity contribution in [3.63, 3.8) is 0 Å². The first kappa shape index (κ1) is 14.6. The van der Waals surface area contributed by atoms with Crippen molar-refractivity contribution in [1.82, 2.24) is 0 Å². The van der Waals surface area contributed by atoms with Crippen LogP contribution in [0.2, 0.25) is 5.02 Å². The molecule has 2 aromatic carbocycles. The Kier molecular flexibility index (Phi) is 4.80. The summed E-state index contributed by atoms with van der Waals surface area (Å²) >= 11 is 5.89. The molecule has 0 fully saturated rings. The average Bonchev–Trinajstić information content (AvgIpc) is 2.46. The van der Waals surface area contributed by atoms with Crippen molar-refractivity contribution < 1.29 is 9.53 Å². The van der Waals surface area contributed by atoms with E-state index in [2.05, 4.69) is 6.92 Å². The van der Waals surface area contributed by atoms with Crippen LogP contribution in [0.4, 0.5) is 0 Å². The van der Waals surface area contributed by atoms with Gasteiger partial charge in [-0.1, -0.05) is 48.9 Å². The van der Waals surface area contributed by atoms with Crippen molar-refractivity contribution in [3.8, 4) is 5.75 Å². The fraction of sp³-hybridized carbons (Fsp3) is 0.235. The van der Waals surface area contributed by atoms with Gasteiger partial charge >= 0.3 is 0 Å². The number of hydrogen-bond donors (Lipinski definition) is 0. The van der Waals surface area contributed by atoms with Crippen molar-refractivity contribution in [2.24, 2.45) is 0 Å². The number of carbonyl (C=O) groups is 1. The summed E-state index contributed by atoms with van der Waals surface area (Å²) in [6, 6.07) is 14.7. The molecule has 2 nitrogen and oxygen atoms in total. The lowest BCUT2D eigenvalue weighted by Crippen LogP contribution is -2.23. The van der Waals surface area contributed by atoms with Crippen LogP contribution in [0.5, 0.6) is 5.75 Å². The lowest BCUT2D eigenvalue weighted by atomic mass is 10.0. The number of ketones is 1. The van der Waals surface area contributed by atoms with Crippen LogP contribution >= 0.6 is 11.6 Å². The molecular formula is C17H17ClO2. The predicted octanol–water partition coefficient (Wildman–Crippen LogP) is 4.55. The highest BCUT2D eigenvalue weighted by atomic mass is 35.5. The molecule has 0 aliphatic heterocycles. The first-order chi connectivity index (χ1) is 9.60. The Balaban J connectivity index is 2.07. The molecule has 0 saturated heterocycles. The van der Waals surface area contributed by atoms with Gasteiger partial charge in [0.25, 0.3) is 0 Å². The molecule has 1 unspecified atom stereocenters. The normalized spacial score (nSPS) is 11.9. The fourth-order valence-corrected chi connectivity index (χ4v) is 2.12. The van der Waals surface area contributed by atoms with Gasteiger partial charge in [-0.15, -0.1) is 0 Å². The molecule has 0 aliphatic carbocycles. The zero-order chi connectivity index (χ0) is 14.5. The topological polar surface area (TPSA) is 26.3 Å². The van der Waals surface area contributed by atoms with Gasteiger partial charge in [-0.3, -0.25) is 4.79 Å². The van der Waals surface area contributed by atoms with Crippen LogP contribution in [0.1, 0.15) is 29.8 Å². The largest absolute Gasteiger partial charge is 0.483 e. The maximum Gasteiger partial charge on any atom is 0.202 e. The number of rotatable bonds is 5. The highest BCUT2D eigenvalue weighted by Gasteiger charge is 2.16. The molecule has 0 aliphatic rings. The van der Waals surface area contributed by atoms with Crippen molar-refractivity contribution in [2.75, 3.05) is 0 Å². The van der Waals surface area contributed by atoms with E-state index in [1.807, 2.05) is 24.3 Å². The second-order valence-corrected chi connectivity index (χ2v) is 5.07. The minimum atomic E-state index is -0.541. The lowest BCUT2D eigenvalue weighted by Gasteiger charge is -2.14. The van der Waals surface area contributed by atoms with Crippen LogP contribution in [-0.4, -0.2) is 11.9 Å². The Morgan fingerprint density at radius 2 is 1.90 bits per heavy atom. The van der Waals surface area contributed by atoms with E-state index in [0.29, 0.717) is 16.3 Å². The molecule has 20 heavy (non-hydrogen) atoms. The Bertz CT molecular complexity index is 590. The van der Waals surface area contributed by atoms with Gasteiger partial charge in [0.2, 0.25) is 5.78 Å². The standard InChI is InChI=1S/C17H17ClO2/c1-3-13-7-9-14(10-8-13)17(19)12(2)20-16-6-4-5-15(18)11-16/h4-12H,3H2,1-2H3. The quantitative estimate of drug-likeness (QED) is 0.754. The van der Waals surface area contributed by atoms with Gasteiger partial charge < -0.3 is 4.74 Å². The summed E-state index contributed by atoms with van der Waals surface area (Å²) in [5.74, 6) is 0.566. The summed E-state index contributed by atoms with van der Waals surface area (Å²) in [6.07, 6.45) is 0.421. The van der Waals surface area contributed by atoms with Gasteiger partial charge in [-0.2, -0.15) is 0 Å². The lowest BCUT2D eigenvalue weighted by molar-refractivity contribution is 0.0818. The molecule has 1 atom stereocenters. The van der Waals surface area contributed by atoms with E-state index in [1.165, 1.54) is 5.56 Å². The number of Topliss-reactive ketones (excluding diaryl/α,β-unsaturated/α-hetero) is 1. The summed E-state index contributed by atoms with van der Waals surface area (Å²) in [5.41, 5.74) is 1.88. The number of aryl methyl sites for hydroxylation is 1. The molecule has 0 bridgehead atoms. The zero-order valence-electron chi connectivity index (χ0n) is 11.6. The van der Waals surface area contributed by atoms with Crippen LogP contribution in [0.25, 0.3) is 0 Å². The van der Waals surface area contributed by atoms with E-state index in [4.69, 9.17) is 16.3 Å². The molecule has 2 rings (SSSR count). The number of carbonyl (C=O) groups excluding carboxylic acids is 1. The van der Waals surface area contributed by atoms with E-state index >= 15 is 0 Å². The van der Waals surface area contributed by atoms with Crippen molar-refractivity contribution >= 4 is 17.4 Å². The zero-order valence-corrected chi connectivity index (χ0v) is 12.4. The molecule has 0 radical (unpaired) electrons. The molecular weight excluding hydrogens is 272 g/mol. The summed E-state index contributed by atoms with van der Waals surface area (Å²) in [6.45, 7) is 3.83. The van der Waals surface area contributed by atoms with Crippen LogP contribution < -0.4 is 4.74 Å². The minimum absolute atomic E-state index is 0.0346. The maximum atomic E-state index is 12.3. The molecule has 3 heteroatoms. The Morgan fingerprint density at radius 1 is 1.20 bits per heavy atom. The fourth-order valence-electron chi connectivity index (χ4n) is 1.94. The van der Waals surface area contributed by atoms with E-state index in [1.54, 1.807) is 31.2 Å². The Hall–Kier alpha value is -1.80. The van der Waals surface area contributed by atoms with Crippen molar-refractivity contribution in [2.45, 2.75) is 26.4 Å². The molecule has 0 amide bonds. The summed E-state index contributed by atoms with van der Waals surface area (Å²) in [4.78, 5) is 12.3. The molecule has 0 heterocycles. The summed E-state index contributed by atoms with van der Waals surface area (Å²) in [5, 5.41) is 0.592. The van der Waals surface area contributed by atoms with E-state index < -0.39 is 6.10 Å². The second-order valence-electron chi connectivity index (χ2n) is 4.63. The maximum absolute atomic E-state index is 12.3. The van der Waals surface area contributed by atoms with Crippen LogP contribution in [0.3, 0.4) is 0 Å². The smallest absolute Gasteiger partial charge is 0.202 e. The molecule has 2 aromatic rings. The third-order valence-electron chi connectivity index (χ3n) is 3.12. The first-order valence-corrected chi connectivity index (χ1v) is 7.03. The highest BCUT2D eigenvalue weighted by Crippen LogP contribution is 2.19. The Labute approximate surface area is 124 Å². The third-order valence-corrected chi connectivity index (χ3v) is 3.36. The predicted molar refractivity (Wildman–Crippen MR) is 81.7 cm³/mol. The van der Waals surface area contributed by atoms with E-state index in [9.17, 15) is 4.79 Å². The molecule has 0 spiro atoms. The molecule has 0 saturated carbocycles. The first-order valence-electron chi connectivity index (χ1n) is 6.65.